The van der Waals surface area contributed by atoms with E-state index in [0.29, 0.717) is 33.0 Å². The van der Waals surface area contributed by atoms with E-state index in [1.54, 1.807) is 18.2 Å². The zero-order valence-electron chi connectivity index (χ0n) is 8.41. The molecule has 0 spiro atoms. The van der Waals surface area contributed by atoms with Crippen molar-refractivity contribution in [1.29, 1.82) is 0 Å². The first-order valence-electron chi connectivity index (χ1n) is 4.81. The number of phenolic OH excluding ortho intramolecular Hbond substituents is 1. The van der Waals surface area contributed by atoms with Gasteiger partial charge >= 0.3 is 0 Å². The van der Waals surface area contributed by atoms with E-state index in [1.165, 1.54) is 12.1 Å². The van der Waals surface area contributed by atoms with Gasteiger partial charge in [0.05, 0.1) is 10.0 Å². The first-order chi connectivity index (χ1) is 8.13. The number of hydrogen-bond acceptors (Lipinski definition) is 3. The van der Waals surface area contributed by atoms with E-state index in [-0.39, 0.29) is 5.75 Å². The minimum atomic E-state index is 0.107. The Kier molecular flexibility index (Phi) is 2.31. The molecule has 0 amide bonds. The fourth-order valence-corrected chi connectivity index (χ4v) is 1.87. The van der Waals surface area contributed by atoms with Gasteiger partial charge in [-0.25, -0.2) is 0 Å². The van der Waals surface area contributed by atoms with Crippen LogP contribution in [0.15, 0.2) is 30.3 Å². The lowest BCUT2D eigenvalue weighted by molar-refractivity contribution is 0.356. The van der Waals surface area contributed by atoms with Gasteiger partial charge in [0.1, 0.15) is 5.75 Å². The molecule has 1 aliphatic heterocycles. The van der Waals surface area contributed by atoms with Crippen LogP contribution >= 0.6 is 23.2 Å². The molecule has 0 bridgehead atoms. The Labute approximate surface area is 107 Å². The fourth-order valence-electron chi connectivity index (χ4n) is 1.57. The molecule has 2 aromatic carbocycles. The van der Waals surface area contributed by atoms with Crippen molar-refractivity contribution >= 4 is 23.2 Å². The summed E-state index contributed by atoms with van der Waals surface area (Å²) in [5.41, 5.74) is 0. The lowest BCUT2D eigenvalue weighted by Crippen LogP contribution is -1.98. The van der Waals surface area contributed by atoms with Gasteiger partial charge in [-0.15, -0.1) is 0 Å². The molecule has 1 N–H and O–H groups in total. The van der Waals surface area contributed by atoms with Crippen molar-refractivity contribution in [2.75, 3.05) is 0 Å². The number of fused-ring (bicyclic) bond motifs is 2. The third kappa shape index (κ3) is 1.77. The monoisotopic (exact) mass is 268 g/mol. The molecule has 0 aliphatic carbocycles. The largest absolute Gasteiger partial charge is 0.508 e. The van der Waals surface area contributed by atoms with E-state index in [0.717, 1.165) is 0 Å². The number of ether oxygens (including phenoxy) is 2. The highest BCUT2D eigenvalue weighted by atomic mass is 35.5. The van der Waals surface area contributed by atoms with E-state index in [9.17, 15) is 5.11 Å². The maximum Gasteiger partial charge on any atom is 0.173 e. The molecule has 3 rings (SSSR count). The quantitative estimate of drug-likeness (QED) is 0.648. The molecule has 1 heterocycles. The van der Waals surface area contributed by atoms with Crippen LogP contribution in [0.4, 0.5) is 0 Å². The lowest BCUT2D eigenvalue weighted by atomic mass is 10.2. The van der Waals surface area contributed by atoms with Crippen LogP contribution in [0.3, 0.4) is 0 Å². The number of halogens is 2. The zero-order valence-corrected chi connectivity index (χ0v) is 9.92. The van der Waals surface area contributed by atoms with Gasteiger partial charge in [0.2, 0.25) is 0 Å². The lowest BCUT2D eigenvalue weighted by Gasteiger charge is -2.21. The molecule has 0 radical (unpaired) electrons. The van der Waals surface area contributed by atoms with Gasteiger partial charge in [-0.3, -0.25) is 0 Å². The molecular formula is C12H6Cl2O3. The summed E-state index contributed by atoms with van der Waals surface area (Å²) in [4.78, 5) is 0. The number of phenols is 1. The highest BCUT2D eigenvalue weighted by molar-refractivity contribution is 6.42. The normalized spacial score (nSPS) is 12.1. The van der Waals surface area contributed by atoms with Gasteiger partial charge in [-0.05, 0) is 12.1 Å². The summed E-state index contributed by atoms with van der Waals surface area (Å²) in [5, 5.41) is 10.1. The van der Waals surface area contributed by atoms with Crippen LogP contribution in [0.2, 0.25) is 10.0 Å². The zero-order chi connectivity index (χ0) is 12.0. The average molecular weight is 269 g/mol. The molecule has 0 fully saturated rings. The van der Waals surface area contributed by atoms with Crippen molar-refractivity contribution in [3.63, 3.8) is 0 Å². The van der Waals surface area contributed by atoms with Crippen molar-refractivity contribution in [3.8, 4) is 28.7 Å². The minimum Gasteiger partial charge on any atom is -0.508 e. The Morgan fingerprint density at radius 2 is 1.29 bits per heavy atom. The van der Waals surface area contributed by atoms with Gasteiger partial charge in [0.15, 0.2) is 23.0 Å². The molecule has 0 aromatic heterocycles. The van der Waals surface area contributed by atoms with E-state index in [4.69, 9.17) is 32.7 Å². The number of rotatable bonds is 0. The third-order valence-electron chi connectivity index (χ3n) is 2.35. The molecule has 5 heteroatoms. The smallest absolute Gasteiger partial charge is 0.173 e. The van der Waals surface area contributed by atoms with Gasteiger partial charge in [0, 0.05) is 18.2 Å². The Morgan fingerprint density at radius 3 is 1.94 bits per heavy atom. The molecule has 17 heavy (non-hydrogen) atoms. The second-order valence-electron chi connectivity index (χ2n) is 3.55. The first kappa shape index (κ1) is 10.6. The van der Waals surface area contributed by atoms with E-state index >= 15 is 0 Å². The predicted molar refractivity (Wildman–Crippen MR) is 64.7 cm³/mol. The van der Waals surface area contributed by atoms with Crippen molar-refractivity contribution in [3.05, 3.63) is 40.4 Å². The summed E-state index contributed by atoms with van der Waals surface area (Å²) in [6, 6.07) is 7.78. The SMILES string of the molecule is Oc1ccc2c(c1)Oc1cc(Cl)c(Cl)cc1O2. The van der Waals surface area contributed by atoms with E-state index in [2.05, 4.69) is 0 Å². The van der Waals surface area contributed by atoms with Crippen LogP contribution in [0.25, 0.3) is 0 Å². The highest BCUT2D eigenvalue weighted by Gasteiger charge is 2.20. The Balaban J connectivity index is 2.11. The Morgan fingerprint density at radius 1 is 0.765 bits per heavy atom. The van der Waals surface area contributed by atoms with Gasteiger partial charge in [0.25, 0.3) is 0 Å². The summed E-state index contributed by atoms with van der Waals surface area (Å²) in [7, 11) is 0. The molecular weight excluding hydrogens is 263 g/mol. The molecule has 3 nitrogen and oxygen atoms in total. The van der Waals surface area contributed by atoms with Gasteiger partial charge in [-0.1, -0.05) is 23.2 Å². The van der Waals surface area contributed by atoms with E-state index < -0.39 is 0 Å². The summed E-state index contributed by atoms with van der Waals surface area (Å²) < 4.78 is 11.2. The third-order valence-corrected chi connectivity index (χ3v) is 3.08. The van der Waals surface area contributed by atoms with Crippen LogP contribution < -0.4 is 9.47 Å². The average Bonchev–Trinajstić information content (AvgIpc) is 2.28. The van der Waals surface area contributed by atoms with Crippen molar-refractivity contribution < 1.29 is 14.6 Å². The predicted octanol–water partition coefficient (Wildman–Crippen LogP) is 4.60. The van der Waals surface area contributed by atoms with Crippen LogP contribution in [0.1, 0.15) is 0 Å². The minimum absolute atomic E-state index is 0.107. The molecule has 0 saturated carbocycles. The fraction of sp³-hybridized carbons (Fsp3) is 0. The topological polar surface area (TPSA) is 38.7 Å². The van der Waals surface area contributed by atoms with Crippen molar-refractivity contribution in [2.24, 2.45) is 0 Å². The summed E-state index contributed by atoms with van der Waals surface area (Å²) in [5.74, 6) is 2.04. The van der Waals surface area contributed by atoms with Gasteiger partial charge in [-0.2, -0.15) is 0 Å². The van der Waals surface area contributed by atoms with Crippen molar-refractivity contribution in [2.45, 2.75) is 0 Å². The second-order valence-corrected chi connectivity index (χ2v) is 4.36. The number of benzene rings is 2. The molecule has 1 aliphatic rings. The van der Waals surface area contributed by atoms with Crippen LogP contribution in [0.5, 0.6) is 28.7 Å². The standard InChI is InChI=1S/C12H6Cl2O3/c13-7-4-11-12(5-8(7)14)17-10-3-6(15)1-2-9(10)16-11/h1-5,15H. The maximum atomic E-state index is 9.35. The van der Waals surface area contributed by atoms with Crippen molar-refractivity contribution in [1.82, 2.24) is 0 Å². The summed E-state index contributed by atoms with van der Waals surface area (Å²) in [6.07, 6.45) is 0. The van der Waals surface area contributed by atoms with Gasteiger partial charge < -0.3 is 14.6 Å². The molecule has 0 saturated heterocycles. The summed E-state index contributed by atoms with van der Waals surface area (Å²) >= 11 is 11.8. The molecule has 86 valence electrons. The Bertz CT molecular complexity index is 611. The van der Waals surface area contributed by atoms with E-state index in [1.807, 2.05) is 0 Å². The van der Waals surface area contributed by atoms with Crippen LogP contribution in [-0.2, 0) is 0 Å². The van der Waals surface area contributed by atoms with Crippen LogP contribution in [0, 0.1) is 0 Å². The molecule has 2 aromatic rings. The molecule has 0 unspecified atom stereocenters. The summed E-state index contributed by atoms with van der Waals surface area (Å²) in [6.45, 7) is 0. The Hall–Kier alpha value is -1.58. The number of hydrogen-bond donors (Lipinski definition) is 1. The molecule has 0 atom stereocenters. The second kappa shape index (κ2) is 3.72. The number of aromatic hydroxyl groups is 1. The first-order valence-corrected chi connectivity index (χ1v) is 5.57. The highest BCUT2D eigenvalue weighted by Crippen LogP contribution is 2.48. The maximum absolute atomic E-state index is 9.35. The van der Waals surface area contributed by atoms with Crippen LogP contribution in [-0.4, -0.2) is 5.11 Å².